The monoisotopic (exact) mass is 256 g/mol. The normalized spacial score (nSPS) is 23.4. The Labute approximate surface area is 113 Å². The molecule has 1 aliphatic rings. The van der Waals surface area contributed by atoms with Crippen molar-refractivity contribution in [1.29, 1.82) is 0 Å². The molecular formula is C16H20N2O. The summed E-state index contributed by atoms with van der Waals surface area (Å²) in [6.07, 6.45) is 4.84. The zero-order valence-corrected chi connectivity index (χ0v) is 11.3. The SMILES string of the molecule is CC1CCCCC1NC(=O)c1cc2ccccc2[nH]1. The molecule has 1 fully saturated rings. The highest BCUT2D eigenvalue weighted by Crippen LogP contribution is 2.24. The van der Waals surface area contributed by atoms with Crippen molar-refractivity contribution in [2.24, 2.45) is 5.92 Å². The Balaban J connectivity index is 1.76. The van der Waals surface area contributed by atoms with Gasteiger partial charge in [-0.15, -0.1) is 0 Å². The van der Waals surface area contributed by atoms with Gasteiger partial charge in [0, 0.05) is 16.9 Å². The Bertz CT molecular complexity index is 554. The zero-order chi connectivity index (χ0) is 13.2. The average Bonchev–Trinajstić information content (AvgIpc) is 2.85. The van der Waals surface area contributed by atoms with Crippen molar-refractivity contribution >= 4 is 16.8 Å². The summed E-state index contributed by atoms with van der Waals surface area (Å²) in [5.41, 5.74) is 1.68. The smallest absolute Gasteiger partial charge is 0.267 e. The van der Waals surface area contributed by atoms with Crippen LogP contribution in [0.2, 0.25) is 0 Å². The predicted molar refractivity (Wildman–Crippen MR) is 77.2 cm³/mol. The third-order valence-corrected chi connectivity index (χ3v) is 4.20. The van der Waals surface area contributed by atoms with Gasteiger partial charge in [-0.25, -0.2) is 0 Å². The van der Waals surface area contributed by atoms with E-state index in [0.29, 0.717) is 17.7 Å². The lowest BCUT2D eigenvalue weighted by Crippen LogP contribution is -2.41. The van der Waals surface area contributed by atoms with Crippen LogP contribution in [0, 0.1) is 5.92 Å². The maximum absolute atomic E-state index is 12.3. The summed E-state index contributed by atoms with van der Waals surface area (Å²) < 4.78 is 0. The van der Waals surface area contributed by atoms with E-state index in [1.165, 1.54) is 19.3 Å². The summed E-state index contributed by atoms with van der Waals surface area (Å²) in [7, 11) is 0. The first-order valence-corrected chi connectivity index (χ1v) is 7.12. The molecule has 2 unspecified atom stereocenters. The van der Waals surface area contributed by atoms with E-state index in [1.807, 2.05) is 30.3 Å². The van der Waals surface area contributed by atoms with Gasteiger partial charge in [0.25, 0.3) is 5.91 Å². The molecule has 1 aliphatic carbocycles. The van der Waals surface area contributed by atoms with Crippen LogP contribution in [0.5, 0.6) is 0 Å². The fraction of sp³-hybridized carbons (Fsp3) is 0.438. The number of carbonyl (C=O) groups excluding carboxylic acids is 1. The number of amides is 1. The van der Waals surface area contributed by atoms with Crippen molar-refractivity contribution in [3.8, 4) is 0 Å². The van der Waals surface area contributed by atoms with E-state index in [1.54, 1.807) is 0 Å². The lowest BCUT2D eigenvalue weighted by molar-refractivity contribution is 0.0906. The second-order valence-corrected chi connectivity index (χ2v) is 5.61. The standard InChI is InChI=1S/C16H20N2O/c1-11-6-2-4-8-13(11)18-16(19)15-10-12-7-3-5-9-14(12)17-15/h3,5,7,9-11,13,17H,2,4,6,8H2,1H3,(H,18,19). The van der Waals surface area contributed by atoms with Crippen LogP contribution < -0.4 is 5.32 Å². The van der Waals surface area contributed by atoms with Crippen molar-refractivity contribution in [2.75, 3.05) is 0 Å². The van der Waals surface area contributed by atoms with Gasteiger partial charge in [-0.05, 0) is 30.9 Å². The number of aromatic amines is 1. The maximum Gasteiger partial charge on any atom is 0.267 e. The van der Waals surface area contributed by atoms with Crippen LogP contribution in [-0.2, 0) is 0 Å². The molecule has 0 saturated heterocycles. The highest BCUT2D eigenvalue weighted by atomic mass is 16.1. The topological polar surface area (TPSA) is 44.9 Å². The van der Waals surface area contributed by atoms with Crippen LogP contribution in [0.1, 0.15) is 43.1 Å². The molecule has 0 radical (unpaired) electrons. The summed E-state index contributed by atoms with van der Waals surface area (Å²) in [5, 5.41) is 4.26. The number of hydrogen-bond acceptors (Lipinski definition) is 1. The quantitative estimate of drug-likeness (QED) is 0.849. The van der Waals surface area contributed by atoms with Gasteiger partial charge >= 0.3 is 0 Å². The molecule has 1 aromatic heterocycles. The van der Waals surface area contributed by atoms with Crippen LogP contribution in [0.25, 0.3) is 10.9 Å². The number of para-hydroxylation sites is 1. The van der Waals surface area contributed by atoms with Crippen LogP contribution >= 0.6 is 0 Å². The van der Waals surface area contributed by atoms with Crippen LogP contribution in [0.4, 0.5) is 0 Å². The van der Waals surface area contributed by atoms with Gasteiger partial charge in [0.15, 0.2) is 0 Å². The predicted octanol–water partition coefficient (Wildman–Crippen LogP) is 3.48. The molecule has 1 heterocycles. The second kappa shape index (κ2) is 5.08. The number of hydrogen-bond donors (Lipinski definition) is 2. The van der Waals surface area contributed by atoms with Crippen LogP contribution in [0.3, 0.4) is 0 Å². The summed E-state index contributed by atoms with van der Waals surface area (Å²) >= 11 is 0. The fourth-order valence-corrected chi connectivity index (χ4v) is 2.97. The molecule has 0 bridgehead atoms. The largest absolute Gasteiger partial charge is 0.351 e. The minimum Gasteiger partial charge on any atom is -0.351 e. The summed E-state index contributed by atoms with van der Waals surface area (Å²) in [5.74, 6) is 0.608. The molecule has 3 nitrogen and oxygen atoms in total. The Hall–Kier alpha value is -1.77. The number of carbonyl (C=O) groups is 1. The molecule has 0 spiro atoms. The average molecular weight is 256 g/mol. The number of nitrogens with one attached hydrogen (secondary N) is 2. The molecule has 3 heteroatoms. The van der Waals surface area contributed by atoms with E-state index in [0.717, 1.165) is 17.3 Å². The molecule has 0 aliphatic heterocycles. The fourth-order valence-electron chi connectivity index (χ4n) is 2.97. The minimum atomic E-state index is 0.0231. The van der Waals surface area contributed by atoms with Crippen molar-refractivity contribution in [3.05, 3.63) is 36.0 Å². The van der Waals surface area contributed by atoms with Crippen molar-refractivity contribution in [2.45, 2.75) is 38.6 Å². The van der Waals surface area contributed by atoms with E-state index in [2.05, 4.69) is 17.2 Å². The number of rotatable bonds is 2. The van der Waals surface area contributed by atoms with E-state index >= 15 is 0 Å². The Morgan fingerprint density at radius 2 is 2.05 bits per heavy atom. The van der Waals surface area contributed by atoms with Crippen molar-refractivity contribution in [1.82, 2.24) is 10.3 Å². The van der Waals surface area contributed by atoms with E-state index in [-0.39, 0.29) is 5.91 Å². The molecule has 100 valence electrons. The maximum atomic E-state index is 12.3. The number of aromatic nitrogens is 1. The van der Waals surface area contributed by atoms with Gasteiger partial charge in [0.1, 0.15) is 5.69 Å². The highest BCUT2D eigenvalue weighted by molar-refractivity contribution is 5.98. The molecule has 2 atom stereocenters. The summed E-state index contributed by atoms with van der Waals surface area (Å²) in [6, 6.07) is 10.2. The van der Waals surface area contributed by atoms with Crippen LogP contribution in [0.15, 0.2) is 30.3 Å². The Morgan fingerprint density at radius 1 is 1.26 bits per heavy atom. The zero-order valence-electron chi connectivity index (χ0n) is 11.3. The van der Waals surface area contributed by atoms with Gasteiger partial charge in [0.2, 0.25) is 0 Å². The van der Waals surface area contributed by atoms with Gasteiger partial charge in [-0.1, -0.05) is 38.0 Å². The lowest BCUT2D eigenvalue weighted by Gasteiger charge is -2.29. The number of benzene rings is 1. The molecule has 19 heavy (non-hydrogen) atoms. The van der Waals surface area contributed by atoms with E-state index in [9.17, 15) is 4.79 Å². The first kappa shape index (κ1) is 12.3. The van der Waals surface area contributed by atoms with E-state index in [4.69, 9.17) is 0 Å². The van der Waals surface area contributed by atoms with Crippen LogP contribution in [-0.4, -0.2) is 16.9 Å². The van der Waals surface area contributed by atoms with E-state index < -0.39 is 0 Å². The molecule has 2 N–H and O–H groups in total. The molecule has 2 aromatic rings. The Morgan fingerprint density at radius 3 is 2.84 bits per heavy atom. The molecule has 1 amide bonds. The molecule has 1 saturated carbocycles. The lowest BCUT2D eigenvalue weighted by atomic mass is 9.86. The summed E-state index contributed by atoms with van der Waals surface area (Å²) in [6.45, 7) is 2.23. The third kappa shape index (κ3) is 2.50. The number of fused-ring (bicyclic) bond motifs is 1. The van der Waals surface area contributed by atoms with Gasteiger partial charge < -0.3 is 10.3 Å². The van der Waals surface area contributed by atoms with Crippen molar-refractivity contribution < 1.29 is 4.79 Å². The first-order valence-electron chi connectivity index (χ1n) is 7.12. The molecule has 1 aromatic carbocycles. The Kier molecular flexibility index (Phi) is 3.28. The molecular weight excluding hydrogens is 236 g/mol. The number of H-pyrrole nitrogens is 1. The van der Waals surface area contributed by atoms with Crippen molar-refractivity contribution in [3.63, 3.8) is 0 Å². The van der Waals surface area contributed by atoms with Gasteiger partial charge in [-0.3, -0.25) is 4.79 Å². The van der Waals surface area contributed by atoms with Gasteiger partial charge in [-0.2, -0.15) is 0 Å². The van der Waals surface area contributed by atoms with Gasteiger partial charge in [0.05, 0.1) is 0 Å². The summed E-state index contributed by atoms with van der Waals surface area (Å²) in [4.78, 5) is 15.5. The second-order valence-electron chi connectivity index (χ2n) is 5.61. The third-order valence-electron chi connectivity index (χ3n) is 4.20. The minimum absolute atomic E-state index is 0.0231. The first-order chi connectivity index (χ1) is 9.24. The molecule has 3 rings (SSSR count). The highest BCUT2D eigenvalue weighted by Gasteiger charge is 2.23.